The van der Waals surface area contributed by atoms with Gasteiger partial charge in [0.2, 0.25) is 11.7 Å². The molecule has 15 heavy (non-hydrogen) atoms. The lowest BCUT2D eigenvalue weighted by Crippen LogP contribution is -2.24. The van der Waals surface area contributed by atoms with E-state index in [1.54, 1.807) is 4.68 Å². The van der Waals surface area contributed by atoms with Crippen molar-refractivity contribution in [1.29, 1.82) is 0 Å². The van der Waals surface area contributed by atoms with Crippen molar-refractivity contribution in [3.05, 3.63) is 12.2 Å². The molecular weight excluding hydrogens is 214 g/mol. The molecule has 82 valence electrons. The van der Waals surface area contributed by atoms with Gasteiger partial charge in [-0.15, -0.1) is 5.10 Å². The topological polar surface area (TPSA) is 85.8 Å². The maximum Gasteiger partial charge on any atom is 0.221 e. The zero-order valence-corrected chi connectivity index (χ0v) is 9.25. The number of amides is 1. The van der Waals surface area contributed by atoms with Gasteiger partial charge in [-0.3, -0.25) is 9.48 Å². The molecule has 0 aliphatic heterocycles. The highest BCUT2D eigenvalue weighted by atomic mass is 32.1. The summed E-state index contributed by atoms with van der Waals surface area (Å²) in [6.45, 7) is 2.98. The first-order valence-corrected chi connectivity index (χ1v) is 5.00. The van der Waals surface area contributed by atoms with Gasteiger partial charge in [-0.25, -0.2) is 4.98 Å². The van der Waals surface area contributed by atoms with E-state index in [4.69, 9.17) is 18.0 Å². The molecular formula is C8H13N5OS. The summed E-state index contributed by atoms with van der Waals surface area (Å²) in [7, 11) is 0. The first kappa shape index (κ1) is 11.6. The zero-order valence-electron chi connectivity index (χ0n) is 8.43. The number of nitrogens with zero attached hydrogens (tertiary/aromatic N) is 3. The van der Waals surface area contributed by atoms with Gasteiger partial charge in [0.05, 0.1) is 6.54 Å². The van der Waals surface area contributed by atoms with Crippen molar-refractivity contribution in [3.8, 4) is 0 Å². The molecule has 6 nitrogen and oxygen atoms in total. The second-order valence-corrected chi connectivity index (χ2v) is 3.34. The van der Waals surface area contributed by atoms with Crippen molar-refractivity contribution < 1.29 is 4.79 Å². The Morgan fingerprint density at radius 3 is 3.00 bits per heavy atom. The molecule has 1 aromatic rings. The fraction of sp³-hybridized carbons (Fsp3) is 0.500. The summed E-state index contributed by atoms with van der Waals surface area (Å²) in [5.41, 5.74) is 5.34. The van der Waals surface area contributed by atoms with Crippen LogP contribution >= 0.6 is 12.2 Å². The number of carbonyl (C=O) groups excluding carboxylic acids is 1. The summed E-state index contributed by atoms with van der Waals surface area (Å²) in [6.07, 6.45) is 1.88. The molecule has 0 radical (unpaired) electrons. The van der Waals surface area contributed by atoms with Gasteiger partial charge in [0.1, 0.15) is 11.3 Å². The normalized spacial score (nSPS) is 9.93. The lowest BCUT2D eigenvalue weighted by Gasteiger charge is -2.01. The van der Waals surface area contributed by atoms with Gasteiger partial charge in [0.15, 0.2) is 0 Å². The molecule has 1 rings (SSSR count). The number of hydrogen-bond acceptors (Lipinski definition) is 4. The third-order valence-corrected chi connectivity index (χ3v) is 1.88. The van der Waals surface area contributed by atoms with E-state index in [2.05, 4.69) is 15.4 Å². The molecule has 1 amide bonds. The zero-order chi connectivity index (χ0) is 11.3. The third-order valence-electron chi connectivity index (χ3n) is 1.70. The summed E-state index contributed by atoms with van der Waals surface area (Å²) in [4.78, 5) is 15.2. The molecule has 1 heterocycles. The summed E-state index contributed by atoms with van der Waals surface area (Å²) in [5, 5.41) is 6.70. The number of nitrogens with two attached hydrogens (primary N) is 1. The number of aryl methyl sites for hydroxylation is 1. The first-order chi connectivity index (χ1) is 7.13. The molecule has 1 aromatic heterocycles. The van der Waals surface area contributed by atoms with E-state index in [0.717, 1.165) is 0 Å². The quantitative estimate of drug-likeness (QED) is 0.658. The van der Waals surface area contributed by atoms with Gasteiger partial charge in [-0.2, -0.15) is 0 Å². The molecule has 0 saturated carbocycles. The Balaban J connectivity index is 2.44. The first-order valence-electron chi connectivity index (χ1n) is 4.59. The highest BCUT2D eigenvalue weighted by Gasteiger charge is 2.04. The molecule has 0 bridgehead atoms. The van der Waals surface area contributed by atoms with Crippen molar-refractivity contribution in [3.63, 3.8) is 0 Å². The molecule has 0 atom stereocenters. The average molecular weight is 227 g/mol. The molecule has 7 heteroatoms. The fourth-order valence-corrected chi connectivity index (χ4v) is 1.11. The minimum atomic E-state index is -0.00937. The predicted molar refractivity (Wildman–Crippen MR) is 59.2 cm³/mol. The molecule has 0 aromatic carbocycles. The summed E-state index contributed by atoms with van der Waals surface area (Å²) in [5.74, 6) is 0.325. The summed E-state index contributed by atoms with van der Waals surface area (Å²) >= 11 is 4.71. The van der Waals surface area contributed by atoms with Crippen LogP contribution in [0.2, 0.25) is 0 Å². The Kier molecular flexibility index (Phi) is 4.17. The van der Waals surface area contributed by atoms with Crippen molar-refractivity contribution in [2.24, 2.45) is 5.73 Å². The van der Waals surface area contributed by atoms with Gasteiger partial charge >= 0.3 is 0 Å². The Morgan fingerprint density at radius 2 is 2.47 bits per heavy atom. The van der Waals surface area contributed by atoms with Crippen LogP contribution in [0.4, 0.5) is 0 Å². The molecule has 0 aliphatic rings. The Hall–Kier alpha value is -1.50. The van der Waals surface area contributed by atoms with Crippen molar-refractivity contribution in [2.45, 2.75) is 19.9 Å². The maximum atomic E-state index is 11.1. The van der Waals surface area contributed by atoms with Crippen LogP contribution in [0.15, 0.2) is 6.33 Å². The van der Waals surface area contributed by atoms with Crippen LogP contribution in [-0.2, 0) is 11.3 Å². The minimum absolute atomic E-state index is 0.00937. The fourth-order valence-electron chi connectivity index (χ4n) is 1.02. The van der Waals surface area contributed by atoms with Crippen molar-refractivity contribution in [2.75, 3.05) is 6.54 Å². The lowest BCUT2D eigenvalue weighted by molar-refractivity contribution is -0.121. The van der Waals surface area contributed by atoms with E-state index < -0.39 is 0 Å². The van der Waals surface area contributed by atoms with Crippen molar-refractivity contribution >= 4 is 23.1 Å². The Labute approximate surface area is 92.9 Å². The van der Waals surface area contributed by atoms with Gasteiger partial charge in [0.25, 0.3) is 0 Å². The van der Waals surface area contributed by atoms with Crippen LogP contribution < -0.4 is 11.1 Å². The lowest BCUT2D eigenvalue weighted by atomic mass is 10.4. The Bertz CT molecular complexity index is 362. The van der Waals surface area contributed by atoms with Gasteiger partial charge < -0.3 is 11.1 Å². The van der Waals surface area contributed by atoms with Gasteiger partial charge in [0, 0.05) is 13.0 Å². The van der Waals surface area contributed by atoms with Crippen LogP contribution in [0, 0.1) is 0 Å². The number of carbonyl (C=O) groups is 1. The highest BCUT2D eigenvalue weighted by Crippen LogP contribution is 1.92. The number of aromatic nitrogens is 3. The van der Waals surface area contributed by atoms with Crippen LogP contribution in [0.1, 0.15) is 19.2 Å². The predicted octanol–water partition coefficient (Wildman–Crippen LogP) is -0.562. The van der Waals surface area contributed by atoms with Gasteiger partial charge in [-0.05, 0) is 6.92 Å². The average Bonchev–Trinajstić information content (AvgIpc) is 2.63. The van der Waals surface area contributed by atoms with E-state index in [-0.39, 0.29) is 10.9 Å². The number of thiocarbonyl (C=S) groups is 1. The van der Waals surface area contributed by atoms with E-state index in [1.807, 2.05) is 6.92 Å². The van der Waals surface area contributed by atoms with Crippen LogP contribution in [-0.4, -0.2) is 32.2 Å². The number of hydrogen-bond donors (Lipinski definition) is 2. The Morgan fingerprint density at radius 1 is 1.73 bits per heavy atom. The monoisotopic (exact) mass is 227 g/mol. The standard InChI is InChI=1S/C8H13N5OS/c1-2-10-6(14)3-4-13-5-11-8(12-13)7(9)15/h5H,2-4H2,1H3,(H2,9,15)(H,10,14). The van der Waals surface area contributed by atoms with Crippen molar-refractivity contribution in [1.82, 2.24) is 20.1 Å². The second-order valence-electron chi connectivity index (χ2n) is 2.90. The largest absolute Gasteiger partial charge is 0.387 e. The van der Waals surface area contributed by atoms with Crippen LogP contribution in [0.25, 0.3) is 0 Å². The van der Waals surface area contributed by atoms with Crippen LogP contribution in [0.3, 0.4) is 0 Å². The molecule has 0 saturated heterocycles. The van der Waals surface area contributed by atoms with E-state index in [9.17, 15) is 4.79 Å². The second kappa shape index (κ2) is 5.40. The summed E-state index contributed by atoms with van der Waals surface area (Å²) < 4.78 is 1.55. The van der Waals surface area contributed by atoms with Crippen LogP contribution in [0.5, 0.6) is 0 Å². The molecule has 0 fully saturated rings. The molecule has 0 spiro atoms. The number of nitrogens with one attached hydrogen (secondary N) is 1. The highest BCUT2D eigenvalue weighted by molar-refractivity contribution is 7.80. The smallest absolute Gasteiger partial charge is 0.221 e. The molecule has 0 aliphatic carbocycles. The van der Waals surface area contributed by atoms with E-state index >= 15 is 0 Å². The maximum absolute atomic E-state index is 11.1. The van der Waals surface area contributed by atoms with E-state index in [0.29, 0.717) is 25.3 Å². The minimum Gasteiger partial charge on any atom is -0.387 e. The summed E-state index contributed by atoms with van der Waals surface area (Å²) in [6, 6.07) is 0. The SMILES string of the molecule is CCNC(=O)CCn1cnc(C(N)=S)n1. The van der Waals surface area contributed by atoms with Gasteiger partial charge in [-0.1, -0.05) is 12.2 Å². The molecule has 0 unspecified atom stereocenters. The van der Waals surface area contributed by atoms with E-state index in [1.165, 1.54) is 6.33 Å². The molecule has 3 N–H and O–H groups in total. The third kappa shape index (κ3) is 3.62. The number of rotatable bonds is 5.